The van der Waals surface area contributed by atoms with E-state index in [1.165, 1.54) is 0 Å². The van der Waals surface area contributed by atoms with Crippen molar-refractivity contribution in [1.82, 2.24) is 105 Å². The Bertz CT molecular complexity index is 5100. The number of unbranched alkanes of at least 4 members (excludes halogenated alkanes) is 3. The Labute approximate surface area is 870 Å². The molecule has 6 rings (SSSR count). The summed E-state index contributed by atoms with van der Waals surface area (Å²) >= 11 is 0. The monoisotopic (exact) mass is 2050 g/mol. The van der Waals surface area contributed by atoms with Crippen molar-refractivity contribution < 1.29 is 88.1 Å². The minimum atomic E-state index is -1.66. The Morgan fingerprint density at radius 3 is 0.946 bits per heavy atom. The zero-order valence-corrected chi connectivity index (χ0v) is 88.1. The number of benzene rings is 5. The van der Waals surface area contributed by atoms with Crippen molar-refractivity contribution in [3.63, 3.8) is 0 Å². The third-order valence-corrected chi connectivity index (χ3v) is 23.9. The molecule has 0 bridgehead atoms. The fraction of sp³-hybridized carbons (Fsp3) is 0.561. The number of aromatic nitrogens is 3. The van der Waals surface area contributed by atoms with E-state index in [0.717, 1.165) is 19.3 Å². The van der Waals surface area contributed by atoms with Crippen LogP contribution in [-0.2, 0) is 122 Å². The van der Waals surface area contributed by atoms with Crippen LogP contribution in [-0.4, -0.2) is 255 Å². The van der Waals surface area contributed by atoms with Crippen molar-refractivity contribution in [1.29, 1.82) is 0 Å². The lowest BCUT2D eigenvalue weighted by Gasteiger charge is -2.30. The Hall–Kier alpha value is -13.6. The van der Waals surface area contributed by atoms with Gasteiger partial charge in [-0.25, -0.2) is 4.68 Å². The number of nitrogens with zero attached hydrogens (tertiary/aromatic N) is 6. The van der Waals surface area contributed by atoms with Gasteiger partial charge in [0.2, 0.25) is 88.6 Å². The maximum Gasteiger partial charge on any atom is 0.243 e. The highest BCUT2D eigenvalue weighted by atomic mass is 16.5. The number of amides is 15. The molecule has 148 heavy (non-hydrogen) atoms. The zero-order chi connectivity index (χ0) is 108. The van der Waals surface area contributed by atoms with Crippen LogP contribution in [0.4, 0.5) is 0 Å². The summed E-state index contributed by atoms with van der Waals surface area (Å²) < 4.78 is 7.10. The summed E-state index contributed by atoms with van der Waals surface area (Å²) in [4.78, 5) is 225. The van der Waals surface area contributed by atoms with E-state index < -0.39 is 174 Å². The van der Waals surface area contributed by atoms with Crippen LogP contribution >= 0.6 is 0 Å². The van der Waals surface area contributed by atoms with Gasteiger partial charge in [0.1, 0.15) is 72.5 Å². The molecule has 41 nitrogen and oxygen atoms in total. The van der Waals surface area contributed by atoms with Gasteiger partial charge in [0.25, 0.3) is 0 Å². The van der Waals surface area contributed by atoms with E-state index in [2.05, 4.69) is 122 Å². The molecule has 0 radical (unpaired) electrons. The molecule has 0 saturated carbocycles. The van der Waals surface area contributed by atoms with E-state index >= 15 is 33.6 Å². The topological polar surface area (TPSA) is 605 Å². The van der Waals surface area contributed by atoms with Gasteiger partial charge in [-0.1, -0.05) is 257 Å². The smallest absolute Gasteiger partial charge is 0.243 e. The van der Waals surface area contributed by atoms with Crippen LogP contribution in [0.1, 0.15) is 193 Å². The van der Waals surface area contributed by atoms with Gasteiger partial charge in [0.15, 0.2) is 0 Å². The van der Waals surface area contributed by atoms with Crippen molar-refractivity contribution in [2.75, 3.05) is 78.7 Å². The molecule has 0 aliphatic heterocycles. The van der Waals surface area contributed by atoms with Gasteiger partial charge < -0.3 is 107 Å². The second-order valence-electron chi connectivity index (χ2n) is 39.4. The van der Waals surface area contributed by atoms with Crippen molar-refractivity contribution >= 4 is 88.6 Å². The van der Waals surface area contributed by atoms with E-state index in [1.54, 1.807) is 158 Å². The van der Waals surface area contributed by atoms with Crippen molar-refractivity contribution in [3.05, 3.63) is 202 Å². The molecule has 0 saturated heterocycles. The standard InChI is InChI=1S/C107H161N25O16/c1-12-13-14-30-46-115-96(136)91(67-94(134)113-51-49-111-47-44-108)127-107(147)92(68-95(135)114-52-50-112-48-45-109)128-101(141)85(61-74(10)11)121-99(139)83(59-72(6)7)119-97(137)81(57-70(2)3)118-98(138)82(58-71(4)5)120-100(140)84(60-73(8)9)122-103(143)87(63-76-34-22-16-23-35-76)124-105(145)89(65-78-38-26-18-27-39-78)126-106(146)90(66-79-40-28-19-29-41-79)125-104(144)88(64-77-36-24-17-25-37-77)123-102(142)86(62-75-32-20-15-21-33-75)117-93(133)43-31-42-80-69-132(131-129-80)54-56-148-55-53-116-130-110/h15-29,32-41,69-74,81-92,111-112H,12-14,30-31,42-68,108-109H2,1-11H3,(H,113,134)(H,114,135)(H,115,136)(H,117,133)(H,118,138)(H,119,137)(H,120,140)(H,121,139)(H,122,143)(H,123,142)(H,124,145)(H,125,144)(H,126,146)(H,127,147)(H,128,141)/p+2/t81-,82-,83-,84-,85-,86+,87+,88+,89+,90+,91-,92+/m0/s1. The predicted molar refractivity (Wildman–Crippen MR) is 563 cm³/mol. The van der Waals surface area contributed by atoms with Crippen molar-refractivity contribution in [3.8, 4) is 0 Å². The predicted octanol–water partition coefficient (Wildman–Crippen LogP) is 2.56. The van der Waals surface area contributed by atoms with Crippen LogP contribution in [0.15, 0.2) is 163 Å². The number of nitrogens with one attached hydrogen (secondary N) is 17. The molecule has 41 heteroatoms. The molecule has 0 aliphatic rings. The molecule has 23 N–H and O–H groups in total. The lowest BCUT2D eigenvalue weighted by Crippen LogP contribution is -2.61. The molecule has 15 amide bonds. The maximum absolute atomic E-state index is 15.6. The number of carbonyl (C=O) groups excluding carboxylic acids is 15. The number of aryl methyl sites for hydroxylation is 1. The molecule has 12 atom stereocenters. The number of carbonyl (C=O) groups is 15. The second-order valence-corrected chi connectivity index (χ2v) is 39.4. The molecule has 0 aliphatic carbocycles. The Balaban J connectivity index is 1.25. The molecule has 6 aromatic rings. The Morgan fingerprint density at radius 1 is 0.338 bits per heavy atom. The zero-order valence-electron chi connectivity index (χ0n) is 88.1. The number of hydrogen-bond donors (Lipinski definition) is 19. The summed E-state index contributed by atoms with van der Waals surface area (Å²) in [5.74, 6) is -12.6. The molecule has 0 unspecified atom stereocenters. The summed E-state index contributed by atoms with van der Waals surface area (Å²) in [6.07, 6.45) is 4.30. The Kier molecular flexibility index (Phi) is 57.8. The van der Waals surface area contributed by atoms with Crippen LogP contribution in [0.3, 0.4) is 0 Å². The molecular weight excluding hydrogens is 1890 g/mol. The van der Waals surface area contributed by atoms with E-state index in [4.69, 9.17) is 10.3 Å². The van der Waals surface area contributed by atoms with E-state index in [0.29, 0.717) is 105 Å². The van der Waals surface area contributed by atoms with Crippen LogP contribution < -0.4 is 102 Å². The fourth-order valence-electron chi connectivity index (χ4n) is 16.4. The molecule has 810 valence electrons. The average molecular weight is 2060 g/mol. The molecule has 1 aromatic heterocycles. The van der Waals surface area contributed by atoms with Gasteiger partial charge in [-0.05, 0) is 114 Å². The van der Waals surface area contributed by atoms with Gasteiger partial charge in [-0.2, -0.15) is 0 Å². The van der Waals surface area contributed by atoms with E-state index in [-0.39, 0.29) is 133 Å². The minimum Gasteiger partial charge on any atom is -0.379 e. The first-order valence-electron chi connectivity index (χ1n) is 52.2. The summed E-state index contributed by atoms with van der Waals surface area (Å²) in [6, 6.07) is 27.5. The van der Waals surface area contributed by atoms with E-state index in [9.17, 15) is 38.4 Å². The molecule has 0 fully saturated rings. The van der Waals surface area contributed by atoms with Gasteiger partial charge >= 0.3 is 0 Å². The second kappa shape index (κ2) is 69.5. The first-order valence-corrected chi connectivity index (χ1v) is 52.2. The van der Waals surface area contributed by atoms with Gasteiger partial charge in [-0.3, -0.25) is 71.9 Å². The van der Waals surface area contributed by atoms with Gasteiger partial charge in [0, 0.05) is 102 Å². The average Bonchev–Trinajstić information content (AvgIpc) is 0.932. The first-order chi connectivity index (χ1) is 71.0. The first kappa shape index (κ1) is 123. The van der Waals surface area contributed by atoms with Crippen LogP contribution in [0.5, 0.6) is 0 Å². The lowest BCUT2D eigenvalue weighted by molar-refractivity contribution is -0.365. The highest BCUT2D eigenvalue weighted by Gasteiger charge is 2.40. The molecule has 0 spiro atoms. The van der Waals surface area contributed by atoms with E-state index in [1.807, 2.05) is 80.5 Å². The fourth-order valence-corrected chi connectivity index (χ4v) is 16.4. The lowest BCUT2D eigenvalue weighted by atomic mass is 9.97. The summed E-state index contributed by atoms with van der Waals surface area (Å²) in [5, 5.41) is 60.6. The highest BCUT2D eigenvalue weighted by molar-refractivity contribution is 6.01. The number of rotatable bonds is 73. The number of azide groups is 1. The third-order valence-electron chi connectivity index (χ3n) is 23.9. The largest absolute Gasteiger partial charge is 0.379 e. The van der Waals surface area contributed by atoms with Crippen molar-refractivity contribution in [2.45, 2.75) is 277 Å². The number of ether oxygens (including phenoxy) is 1. The maximum atomic E-state index is 15.6. The minimum absolute atomic E-state index is 0.00313. The van der Waals surface area contributed by atoms with Gasteiger partial charge in [-0.15, -0.1) is 5.10 Å². The normalized spacial score (nSPS) is 13.7. The summed E-state index contributed by atoms with van der Waals surface area (Å²) in [5.41, 5.74) is 19.9. The molecule has 1 heterocycles. The Morgan fingerprint density at radius 2 is 0.635 bits per heavy atom. The summed E-state index contributed by atoms with van der Waals surface area (Å²) in [6.45, 7) is 25.1. The quantitative estimate of drug-likeness (QED) is 0.0113. The molecular formula is C107H163N25O16+2. The molecule has 5 aromatic carbocycles. The van der Waals surface area contributed by atoms with Crippen molar-refractivity contribution in [2.24, 2.45) is 34.7 Å². The van der Waals surface area contributed by atoms with Crippen LogP contribution in [0.2, 0.25) is 0 Å². The number of quaternary nitrogens is 2. The van der Waals surface area contributed by atoms with Crippen LogP contribution in [0, 0.1) is 29.6 Å². The van der Waals surface area contributed by atoms with Gasteiger partial charge in [0.05, 0.1) is 51.4 Å². The summed E-state index contributed by atoms with van der Waals surface area (Å²) in [7, 11) is 0. The van der Waals surface area contributed by atoms with Crippen LogP contribution in [0.25, 0.3) is 10.4 Å². The highest BCUT2D eigenvalue weighted by Crippen LogP contribution is 2.20. The SMILES string of the molecule is CCCCCCNC(=O)[C@H](CC(=O)NCCNCC[NH3+])NC(=O)[C@@H](CC(=O)NCCNCC[NH3+])NC(=O)[C@H](CC(C)C)NC(=O)[C@H](CC(C)C)NC(=O)[C@H](CC(C)C)NC(=O)[C@H](CC(C)C)NC(=O)[C@H](CC(C)C)NC(=O)[C@@H](Cc1ccccc1)NC(=O)[C@@H](Cc1ccccc1)NC(=O)[C@@H](Cc1ccccc1)NC(=O)[C@@H](Cc1ccccc1)NC(=O)[C@@H](Cc1ccccc1)NC(=O)CCCc1cn(CCOCCN=[N+]=[N-])nn1. The third kappa shape index (κ3) is 49.7. The number of hydrogen-bond acceptors (Lipinski definition) is 21.